The fraction of sp³-hybridized carbons (Fsp3) is 0.526. The molecule has 0 spiro atoms. The van der Waals surface area contributed by atoms with Gasteiger partial charge in [0.1, 0.15) is 12.7 Å². The van der Waals surface area contributed by atoms with Crippen molar-refractivity contribution in [3.8, 4) is 0 Å². The average Bonchev–Trinajstić information content (AvgIpc) is 3.13. The Bertz CT molecular complexity index is 653. The Morgan fingerprint density at radius 1 is 1.33 bits per heavy atom. The molecule has 2 aromatic rings. The fourth-order valence-corrected chi connectivity index (χ4v) is 3.49. The third kappa shape index (κ3) is 4.43. The second-order valence-corrected chi connectivity index (χ2v) is 6.72. The zero-order chi connectivity index (χ0) is 16.8. The van der Waals surface area contributed by atoms with Crippen LogP contribution in [-0.2, 0) is 17.8 Å². The second kappa shape index (κ2) is 8.08. The minimum Gasteiger partial charge on any atom is -0.342 e. The highest BCUT2D eigenvalue weighted by Gasteiger charge is 2.23. The molecule has 24 heavy (non-hydrogen) atoms. The van der Waals surface area contributed by atoms with Crippen LogP contribution in [0.4, 0.5) is 0 Å². The van der Waals surface area contributed by atoms with Crippen LogP contribution in [0.25, 0.3) is 0 Å². The highest BCUT2D eigenvalue weighted by atomic mass is 16.2. The van der Waals surface area contributed by atoms with Gasteiger partial charge >= 0.3 is 0 Å². The van der Waals surface area contributed by atoms with E-state index >= 15 is 0 Å². The highest BCUT2D eigenvalue weighted by Crippen LogP contribution is 2.23. The van der Waals surface area contributed by atoms with Crippen LogP contribution >= 0.6 is 0 Å². The number of carbonyl (C=O) groups is 1. The summed E-state index contributed by atoms with van der Waals surface area (Å²) in [6.45, 7) is 4.60. The smallest absolute Gasteiger partial charge is 0.224 e. The van der Waals surface area contributed by atoms with E-state index in [1.165, 1.54) is 23.9 Å². The molecule has 2 heterocycles. The molecule has 0 bridgehead atoms. The predicted octanol–water partition coefficient (Wildman–Crippen LogP) is 2.85. The van der Waals surface area contributed by atoms with E-state index in [0.717, 1.165) is 32.4 Å². The van der Waals surface area contributed by atoms with Crippen LogP contribution in [0.3, 0.4) is 0 Å². The summed E-state index contributed by atoms with van der Waals surface area (Å²) in [6, 6.07) is 8.60. The topological polar surface area (TPSA) is 51.0 Å². The molecule has 1 atom stereocenters. The van der Waals surface area contributed by atoms with Gasteiger partial charge in [-0.3, -0.25) is 9.48 Å². The van der Waals surface area contributed by atoms with Crippen molar-refractivity contribution >= 4 is 5.91 Å². The van der Waals surface area contributed by atoms with Crippen LogP contribution in [0.15, 0.2) is 36.9 Å². The standard InChI is InChI=1S/C19H26N4O/c1-16-5-2-3-7-18(16)9-8-17-6-4-11-22(13-17)19(24)10-12-23-15-20-14-21-23/h2-3,5,7,14-15,17H,4,6,8-13H2,1H3. The minimum absolute atomic E-state index is 0.242. The van der Waals surface area contributed by atoms with Gasteiger partial charge in [-0.05, 0) is 49.7 Å². The van der Waals surface area contributed by atoms with Gasteiger partial charge < -0.3 is 4.90 Å². The third-order valence-electron chi connectivity index (χ3n) is 4.98. The van der Waals surface area contributed by atoms with E-state index in [1.54, 1.807) is 11.0 Å². The number of rotatable bonds is 6. The molecule has 1 saturated heterocycles. The van der Waals surface area contributed by atoms with E-state index in [-0.39, 0.29) is 5.91 Å². The lowest BCUT2D eigenvalue weighted by Crippen LogP contribution is -2.40. The first-order valence-electron chi connectivity index (χ1n) is 8.87. The van der Waals surface area contributed by atoms with E-state index < -0.39 is 0 Å². The number of benzene rings is 1. The van der Waals surface area contributed by atoms with Crippen molar-refractivity contribution in [2.45, 2.75) is 45.6 Å². The molecule has 128 valence electrons. The minimum atomic E-state index is 0.242. The Kier molecular flexibility index (Phi) is 5.62. The molecule has 3 rings (SSSR count). The van der Waals surface area contributed by atoms with Crippen molar-refractivity contribution in [3.05, 3.63) is 48.0 Å². The summed E-state index contributed by atoms with van der Waals surface area (Å²) in [5.74, 6) is 0.861. The van der Waals surface area contributed by atoms with Gasteiger partial charge in [0.2, 0.25) is 5.91 Å². The number of amides is 1. The zero-order valence-electron chi connectivity index (χ0n) is 14.4. The molecule has 0 saturated carbocycles. The number of hydrogen-bond donors (Lipinski definition) is 0. The van der Waals surface area contributed by atoms with Crippen LogP contribution < -0.4 is 0 Å². The number of piperidine rings is 1. The van der Waals surface area contributed by atoms with Gasteiger partial charge in [-0.2, -0.15) is 5.10 Å². The summed E-state index contributed by atoms with van der Waals surface area (Å²) in [5, 5.41) is 4.05. The average molecular weight is 326 g/mol. The molecule has 1 aliphatic rings. The summed E-state index contributed by atoms with van der Waals surface area (Å²) in [4.78, 5) is 18.4. The van der Waals surface area contributed by atoms with E-state index in [4.69, 9.17) is 0 Å². The van der Waals surface area contributed by atoms with Crippen LogP contribution in [-0.4, -0.2) is 38.7 Å². The molecule has 1 amide bonds. The molecule has 1 aromatic carbocycles. The molecule has 0 radical (unpaired) electrons. The normalized spacial score (nSPS) is 17.9. The third-order valence-corrected chi connectivity index (χ3v) is 4.98. The molecular formula is C19H26N4O. The maximum Gasteiger partial charge on any atom is 0.224 e. The predicted molar refractivity (Wildman–Crippen MR) is 93.4 cm³/mol. The molecule has 5 heteroatoms. The van der Waals surface area contributed by atoms with Gasteiger partial charge in [0.25, 0.3) is 0 Å². The van der Waals surface area contributed by atoms with Gasteiger partial charge in [0, 0.05) is 19.5 Å². The summed E-state index contributed by atoms with van der Waals surface area (Å²) in [7, 11) is 0. The van der Waals surface area contributed by atoms with E-state index in [1.807, 2.05) is 4.90 Å². The summed E-state index contributed by atoms with van der Waals surface area (Å²) >= 11 is 0. The zero-order valence-corrected chi connectivity index (χ0v) is 14.4. The Labute approximate surface area is 143 Å². The van der Waals surface area contributed by atoms with Crippen molar-refractivity contribution in [1.82, 2.24) is 19.7 Å². The van der Waals surface area contributed by atoms with Gasteiger partial charge in [0.15, 0.2) is 0 Å². The van der Waals surface area contributed by atoms with Crippen LogP contribution in [0, 0.1) is 12.8 Å². The SMILES string of the molecule is Cc1ccccc1CCC1CCCN(C(=O)CCn2cncn2)C1. The van der Waals surface area contributed by atoms with Gasteiger partial charge in [0.05, 0.1) is 6.54 Å². The first-order valence-corrected chi connectivity index (χ1v) is 8.87. The quantitative estimate of drug-likeness (QED) is 0.820. The van der Waals surface area contributed by atoms with Gasteiger partial charge in [-0.1, -0.05) is 24.3 Å². The molecular weight excluding hydrogens is 300 g/mol. The van der Waals surface area contributed by atoms with Crippen molar-refractivity contribution in [2.75, 3.05) is 13.1 Å². The number of aromatic nitrogens is 3. The van der Waals surface area contributed by atoms with Gasteiger partial charge in [-0.15, -0.1) is 0 Å². The number of hydrogen-bond acceptors (Lipinski definition) is 3. The fourth-order valence-electron chi connectivity index (χ4n) is 3.49. The molecule has 0 N–H and O–H groups in total. The Morgan fingerprint density at radius 3 is 3.00 bits per heavy atom. The summed E-state index contributed by atoms with van der Waals surface area (Å²) in [6.07, 6.45) is 8.30. The lowest BCUT2D eigenvalue weighted by atomic mass is 9.90. The molecule has 1 fully saturated rings. The number of nitrogens with zero attached hydrogens (tertiary/aromatic N) is 4. The maximum atomic E-state index is 12.4. The maximum absolute atomic E-state index is 12.4. The van der Waals surface area contributed by atoms with Crippen molar-refractivity contribution in [2.24, 2.45) is 5.92 Å². The number of aryl methyl sites for hydroxylation is 3. The van der Waals surface area contributed by atoms with Crippen molar-refractivity contribution < 1.29 is 4.79 Å². The van der Waals surface area contributed by atoms with E-state index in [0.29, 0.717) is 18.9 Å². The van der Waals surface area contributed by atoms with Crippen molar-refractivity contribution in [1.29, 1.82) is 0 Å². The molecule has 1 aromatic heterocycles. The second-order valence-electron chi connectivity index (χ2n) is 6.72. The first-order chi connectivity index (χ1) is 11.7. The largest absolute Gasteiger partial charge is 0.342 e. The van der Waals surface area contributed by atoms with E-state index in [2.05, 4.69) is 41.3 Å². The van der Waals surface area contributed by atoms with Crippen LogP contribution in [0.5, 0.6) is 0 Å². The van der Waals surface area contributed by atoms with Gasteiger partial charge in [-0.25, -0.2) is 4.98 Å². The highest BCUT2D eigenvalue weighted by molar-refractivity contribution is 5.76. The lowest BCUT2D eigenvalue weighted by Gasteiger charge is -2.33. The van der Waals surface area contributed by atoms with Crippen LogP contribution in [0.1, 0.15) is 36.8 Å². The Hall–Kier alpha value is -2.17. The first kappa shape index (κ1) is 16.7. The number of carbonyl (C=O) groups excluding carboxylic acids is 1. The molecule has 1 unspecified atom stereocenters. The molecule has 1 aliphatic heterocycles. The number of likely N-dealkylation sites (tertiary alicyclic amines) is 1. The summed E-state index contributed by atoms with van der Waals surface area (Å²) < 4.78 is 1.72. The lowest BCUT2D eigenvalue weighted by molar-refractivity contribution is -0.133. The van der Waals surface area contributed by atoms with Crippen LogP contribution in [0.2, 0.25) is 0 Å². The van der Waals surface area contributed by atoms with E-state index in [9.17, 15) is 4.79 Å². The Morgan fingerprint density at radius 2 is 2.21 bits per heavy atom. The summed E-state index contributed by atoms with van der Waals surface area (Å²) in [5.41, 5.74) is 2.81. The monoisotopic (exact) mass is 326 g/mol. The molecule has 0 aliphatic carbocycles. The Balaban J connectivity index is 1.47. The molecule has 5 nitrogen and oxygen atoms in total. The van der Waals surface area contributed by atoms with Crippen molar-refractivity contribution in [3.63, 3.8) is 0 Å².